The zero-order chi connectivity index (χ0) is 21.7. The van der Waals surface area contributed by atoms with Crippen molar-refractivity contribution in [3.8, 4) is 5.75 Å². The molecule has 31 heavy (non-hydrogen) atoms. The summed E-state index contributed by atoms with van der Waals surface area (Å²) in [6.07, 6.45) is 1.66. The van der Waals surface area contributed by atoms with Crippen LogP contribution in [0.3, 0.4) is 0 Å². The molecule has 1 fully saturated rings. The summed E-state index contributed by atoms with van der Waals surface area (Å²) in [5.41, 5.74) is 7.46. The number of amides is 1. The van der Waals surface area contributed by atoms with E-state index in [4.69, 9.17) is 19.9 Å². The topological polar surface area (TPSA) is 138 Å². The fraction of sp³-hybridized carbons (Fsp3) is 0.400. The van der Waals surface area contributed by atoms with Gasteiger partial charge in [0.1, 0.15) is 5.75 Å². The molecule has 11 heteroatoms. The van der Waals surface area contributed by atoms with Crippen molar-refractivity contribution in [1.82, 2.24) is 34.7 Å². The number of anilines is 1. The van der Waals surface area contributed by atoms with E-state index in [9.17, 15) is 4.79 Å². The molecule has 0 unspecified atom stereocenters. The number of likely N-dealkylation sites (tertiary alicyclic amines) is 1. The lowest BCUT2D eigenvalue weighted by molar-refractivity contribution is 0.0564. The second kappa shape index (κ2) is 7.18. The quantitative estimate of drug-likeness (QED) is 0.525. The molecule has 4 heterocycles. The minimum atomic E-state index is -0.278. The van der Waals surface area contributed by atoms with Gasteiger partial charge >= 0.3 is 11.8 Å². The van der Waals surface area contributed by atoms with Crippen molar-refractivity contribution in [2.24, 2.45) is 0 Å². The Morgan fingerprint density at radius 3 is 2.84 bits per heavy atom. The molecule has 0 bridgehead atoms. The maximum atomic E-state index is 12.9. The van der Waals surface area contributed by atoms with Crippen molar-refractivity contribution in [3.63, 3.8) is 0 Å². The molecule has 0 saturated carbocycles. The van der Waals surface area contributed by atoms with Crippen LogP contribution in [0, 0.1) is 6.92 Å². The van der Waals surface area contributed by atoms with Crippen LogP contribution in [0.2, 0.25) is 0 Å². The minimum Gasteiger partial charge on any atom is -0.497 e. The van der Waals surface area contributed by atoms with Gasteiger partial charge in [-0.2, -0.15) is 4.52 Å². The van der Waals surface area contributed by atoms with E-state index in [0.29, 0.717) is 35.2 Å². The van der Waals surface area contributed by atoms with Gasteiger partial charge in [-0.15, -0.1) is 15.3 Å². The maximum absolute atomic E-state index is 12.9. The molecule has 2 N–H and O–H groups in total. The van der Waals surface area contributed by atoms with Gasteiger partial charge in [0.25, 0.3) is 0 Å². The lowest BCUT2D eigenvalue weighted by Gasteiger charge is -2.36. The maximum Gasteiger partial charge on any atom is 0.311 e. The molecule has 1 aliphatic rings. The van der Waals surface area contributed by atoms with Crippen LogP contribution in [0.4, 0.5) is 5.95 Å². The van der Waals surface area contributed by atoms with Gasteiger partial charge in [0.15, 0.2) is 11.5 Å². The number of aromatic nitrogens is 6. The second-order valence-corrected chi connectivity index (χ2v) is 7.77. The van der Waals surface area contributed by atoms with Gasteiger partial charge in [-0.1, -0.05) is 0 Å². The highest BCUT2D eigenvalue weighted by Crippen LogP contribution is 2.31. The van der Waals surface area contributed by atoms with Gasteiger partial charge < -0.3 is 19.8 Å². The highest BCUT2D eigenvalue weighted by Gasteiger charge is 2.34. The number of fused-ring (bicyclic) bond motifs is 3. The first-order chi connectivity index (χ1) is 14.9. The van der Waals surface area contributed by atoms with Crippen molar-refractivity contribution in [1.29, 1.82) is 0 Å². The van der Waals surface area contributed by atoms with E-state index in [1.807, 2.05) is 25.1 Å². The van der Waals surface area contributed by atoms with Crippen LogP contribution in [-0.4, -0.2) is 60.3 Å². The van der Waals surface area contributed by atoms with Crippen LogP contribution >= 0.6 is 0 Å². The van der Waals surface area contributed by atoms with Crippen molar-refractivity contribution < 1.29 is 13.9 Å². The van der Waals surface area contributed by atoms with E-state index in [1.165, 1.54) is 0 Å². The lowest BCUT2D eigenvalue weighted by atomic mass is 9.93. The van der Waals surface area contributed by atoms with Gasteiger partial charge in [0.05, 0.1) is 12.6 Å². The molecule has 2 atom stereocenters. The fourth-order valence-electron chi connectivity index (χ4n) is 4.03. The second-order valence-electron chi connectivity index (χ2n) is 7.77. The first-order valence-corrected chi connectivity index (χ1v) is 10.1. The van der Waals surface area contributed by atoms with E-state index < -0.39 is 0 Å². The number of aryl methyl sites for hydroxylation is 1. The molecular weight excluding hydrogens is 400 g/mol. The molecule has 1 aliphatic heterocycles. The zero-order valence-corrected chi connectivity index (χ0v) is 17.4. The summed E-state index contributed by atoms with van der Waals surface area (Å²) < 4.78 is 12.2. The van der Waals surface area contributed by atoms with Gasteiger partial charge in [0.2, 0.25) is 11.8 Å². The molecule has 0 radical (unpaired) electrons. The van der Waals surface area contributed by atoms with E-state index >= 15 is 0 Å². The van der Waals surface area contributed by atoms with Crippen molar-refractivity contribution in [3.05, 3.63) is 35.8 Å². The number of methoxy groups -OCH3 is 1. The average Bonchev–Trinajstić information content (AvgIpc) is 3.40. The van der Waals surface area contributed by atoms with Gasteiger partial charge in [-0.05, 0) is 31.9 Å². The lowest BCUT2D eigenvalue weighted by Crippen LogP contribution is -2.45. The van der Waals surface area contributed by atoms with Crippen LogP contribution in [0.25, 0.3) is 16.6 Å². The number of nitrogen functional groups attached to an aromatic ring is 1. The molecule has 5 rings (SSSR count). The Morgan fingerprint density at radius 2 is 2.10 bits per heavy atom. The van der Waals surface area contributed by atoms with Crippen molar-refractivity contribution in [2.45, 2.75) is 38.6 Å². The molecule has 0 spiro atoms. The Bertz CT molecular complexity index is 1300. The molecule has 0 aliphatic carbocycles. The normalized spacial score (nSPS) is 19.3. The monoisotopic (exact) mass is 422 g/mol. The standard InChI is InChI=1S/C20H22N8O3/c1-10-4-5-12(9-27(10)19(29)18-25-24-11(2)31-18)16-23-17-14-7-6-13(30-3)8-15(14)22-20(21)28(17)26-16/h6-8,10,12H,4-5,9H2,1-3H3,(H2,21,22)/t10-,12+/m0/s1. The van der Waals surface area contributed by atoms with Crippen LogP contribution in [0.1, 0.15) is 48.1 Å². The van der Waals surface area contributed by atoms with Gasteiger partial charge in [-0.25, -0.2) is 9.97 Å². The summed E-state index contributed by atoms with van der Waals surface area (Å²) in [7, 11) is 1.60. The summed E-state index contributed by atoms with van der Waals surface area (Å²) in [4.78, 5) is 23.9. The molecule has 1 amide bonds. The first kappa shape index (κ1) is 19.2. The number of rotatable bonds is 3. The average molecular weight is 422 g/mol. The summed E-state index contributed by atoms with van der Waals surface area (Å²) in [5.74, 6) is 1.60. The summed E-state index contributed by atoms with van der Waals surface area (Å²) in [5, 5.41) is 13.1. The Balaban J connectivity index is 1.50. The minimum absolute atomic E-state index is 0.00125. The van der Waals surface area contributed by atoms with E-state index in [0.717, 1.165) is 18.2 Å². The van der Waals surface area contributed by atoms with Gasteiger partial charge in [0, 0.05) is 36.9 Å². The van der Waals surface area contributed by atoms with E-state index in [-0.39, 0.29) is 29.7 Å². The fourth-order valence-corrected chi connectivity index (χ4v) is 4.03. The predicted molar refractivity (Wildman–Crippen MR) is 111 cm³/mol. The Labute approximate surface area is 177 Å². The number of hydrogen-bond acceptors (Lipinski definition) is 9. The van der Waals surface area contributed by atoms with Gasteiger partial charge in [-0.3, -0.25) is 4.79 Å². The summed E-state index contributed by atoms with van der Waals surface area (Å²) in [6.45, 7) is 4.12. The molecule has 3 aromatic heterocycles. The SMILES string of the molecule is COc1ccc2c(c1)nc(N)n1nc([C@@H]3CC[C@H](C)N(C(=O)c4nnc(C)o4)C3)nc21. The highest BCUT2D eigenvalue weighted by molar-refractivity contribution is 5.93. The molecule has 1 aromatic carbocycles. The summed E-state index contributed by atoms with van der Waals surface area (Å²) >= 11 is 0. The van der Waals surface area contributed by atoms with Crippen LogP contribution in [0.5, 0.6) is 5.75 Å². The number of hydrogen-bond donors (Lipinski definition) is 1. The number of carbonyl (C=O) groups excluding carboxylic acids is 1. The molecule has 160 valence electrons. The largest absolute Gasteiger partial charge is 0.497 e. The molecule has 11 nitrogen and oxygen atoms in total. The number of nitrogens with zero attached hydrogens (tertiary/aromatic N) is 7. The number of benzene rings is 1. The molecule has 4 aromatic rings. The number of piperidine rings is 1. The van der Waals surface area contributed by atoms with E-state index in [2.05, 4.69) is 20.3 Å². The first-order valence-electron chi connectivity index (χ1n) is 10.1. The Hall–Kier alpha value is -3.76. The van der Waals surface area contributed by atoms with Crippen LogP contribution < -0.4 is 10.5 Å². The molecule has 1 saturated heterocycles. The van der Waals surface area contributed by atoms with Crippen molar-refractivity contribution >= 4 is 28.4 Å². The predicted octanol–water partition coefficient (Wildman–Crippen LogP) is 1.97. The Morgan fingerprint density at radius 1 is 1.26 bits per heavy atom. The van der Waals surface area contributed by atoms with Crippen LogP contribution in [-0.2, 0) is 0 Å². The zero-order valence-electron chi connectivity index (χ0n) is 17.4. The van der Waals surface area contributed by atoms with Crippen molar-refractivity contribution in [2.75, 3.05) is 19.4 Å². The third-order valence-corrected chi connectivity index (χ3v) is 5.74. The number of ether oxygens (including phenoxy) is 1. The smallest absolute Gasteiger partial charge is 0.311 e. The summed E-state index contributed by atoms with van der Waals surface area (Å²) in [6, 6.07) is 5.61. The third kappa shape index (κ3) is 3.22. The van der Waals surface area contributed by atoms with E-state index in [1.54, 1.807) is 23.4 Å². The number of carbonyl (C=O) groups is 1. The molecular formula is C20H22N8O3. The number of nitrogens with two attached hydrogens (primary N) is 1. The third-order valence-electron chi connectivity index (χ3n) is 5.74. The van der Waals surface area contributed by atoms with Crippen LogP contribution in [0.15, 0.2) is 22.6 Å². The highest BCUT2D eigenvalue weighted by atomic mass is 16.5. The Kier molecular flexibility index (Phi) is 4.45.